The molecule has 0 saturated carbocycles. The van der Waals surface area contributed by atoms with Gasteiger partial charge in [0.2, 0.25) is 0 Å². The van der Waals surface area contributed by atoms with Crippen molar-refractivity contribution in [3.8, 4) is 5.75 Å². The summed E-state index contributed by atoms with van der Waals surface area (Å²) in [6.07, 6.45) is 2.17. The molecule has 2 aromatic rings. The summed E-state index contributed by atoms with van der Waals surface area (Å²) in [5.74, 6) is 0.135. The number of carbonyl (C=O) groups excluding carboxylic acids is 2. The van der Waals surface area contributed by atoms with E-state index in [1.54, 1.807) is 21.9 Å². The minimum Gasteiger partial charge on any atom is -0.484 e. The Hall–Kier alpha value is -2.93. The lowest BCUT2D eigenvalue weighted by atomic mass is 9.92. The predicted octanol–water partition coefficient (Wildman–Crippen LogP) is 3.02. The zero-order chi connectivity index (χ0) is 21.0. The molecule has 2 heterocycles. The van der Waals surface area contributed by atoms with Gasteiger partial charge in [0, 0.05) is 18.8 Å². The second kappa shape index (κ2) is 8.83. The number of nitrogens with zero attached hydrogens (tertiary/aromatic N) is 2. The summed E-state index contributed by atoms with van der Waals surface area (Å²) in [6.45, 7) is 1.57. The van der Waals surface area contributed by atoms with Crippen LogP contribution >= 0.6 is 0 Å². The average Bonchev–Trinajstić information content (AvgIpc) is 2.98. The number of amides is 2. The normalized spacial score (nSPS) is 22.1. The van der Waals surface area contributed by atoms with E-state index in [2.05, 4.69) is 0 Å². The average molecular weight is 412 g/mol. The first-order valence-electron chi connectivity index (χ1n) is 10.2. The van der Waals surface area contributed by atoms with E-state index in [1.807, 2.05) is 30.3 Å². The number of hydrogen-bond donors (Lipinski definition) is 0. The van der Waals surface area contributed by atoms with Crippen molar-refractivity contribution in [2.75, 3.05) is 37.7 Å². The van der Waals surface area contributed by atoms with Crippen LogP contribution in [0.3, 0.4) is 0 Å². The highest BCUT2D eigenvalue weighted by Gasteiger charge is 2.42. The maximum Gasteiger partial charge on any atom is 0.260 e. The number of ether oxygens (including phenoxy) is 2. The fraction of sp³-hybridized carbons (Fsp3) is 0.391. The van der Waals surface area contributed by atoms with Crippen molar-refractivity contribution < 1.29 is 23.5 Å². The van der Waals surface area contributed by atoms with Gasteiger partial charge in [-0.3, -0.25) is 9.59 Å². The Bertz CT molecular complexity index is 890. The lowest BCUT2D eigenvalue weighted by molar-refractivity contribution is -0.141. The topological polar surface area (TPSA) is 59.1 Å². The van der Waals surface area contributed by atoms with Crippen LogP contribution in [0.5, 0.6) is 5.75 Å². The van der Waals surface area contributed by atoms with Crippen molar-refractivity contribution in [2.24, 2.45) is 0 Å². The summed E-state index contributed by atoms with van der Waals surface area (Å²) in [5, 5.41) is 0. The van der Waals surface area contributed by atoms with Crippen LogP contribution in [0.1, 0.15) is 19.3 Å². The SMILES string of the molecule is O=C(COc1ccccc1)N1CCCC2(CC1)CN(c1ccc(F)cc1)C(=O)CO2. The summed E-state index contributed by atoms with van der Waals surface area (Å²) in [5.41, 5.74) is 0.162. The molecule has 2 fully saturated rings. The van der Waals surface area contributed by atoms with Gasteiger partial charge in [0.05, 0.1) is 12.1 Å². The first kappa shape index (κ1) is 20.3. The molecule has 1 unspecified atom stereocenters. The van der Waals surface area contributed by atoms with Gasteiger partial charge in [-0.1, -0.05) is 18.2 Å². The Morgan fingerprint density at radius 3 is 2.60 bits per heavy atom. The summed E-state index contributed by atoms with van der Waals surface area (Å²) in [7, 11) is 0. The Kier molecular flexibility index (Phi) is 5.99. The standard InChI is InChI=1S/C23H25FN2O4/c24-18-7-9-19(10-8-18)26-17-23(30-16-22(26)28)11-4-13-25(14-12-23)21(27)15-29-20-5-2-1-3-6-20/h1-3,5-10H,4,11-17H2. The Labute approximate surface area is 175 Å². The minimum absolute atomic E-state index is 0.00192. The maximum absolute atomic E-state index is 13.3. The van der Waals surface area contributed by atoms with Crippen LogP contribution in [0, 0.1) is 5.82 Å². The molecule has 2 aromatic carbocycles. The fourth-order valence-corrected chi connectivity index (χ4v) is 4.04. The van der Waals surface area contributed by atoms with Gasteiger partial charge in [-0.2, -0.15) is 0 Å². The third kappa shape index (κ3) is 4.62. The molecule has 2 aliphatic rings. The molecule has 2 saturated heterocycles. The van der Waals surface area contributed by atoms with Gasteiger partial charge in [-0.05, 0) is 55.7 Å². The highest BCUT2D eigenvalue weighted by Crippen LogP contribution is 2.33. The zero-order valence-corrected chi connectivity index (χ0v) is 16.8. The minimum atomic E-state index is -0.502. The van der Waals surface area contributed by atoms with E-state index in [1.165, 1.54) is 12.1 Å². The van der Waals surface area contributed by atoms with Gasteiger partial charge >= 0.3 is 0 Å². The van der Waals surface area contributed by atoms with Gasteiger partial charge in [0.1, 0.15) is 18.2 Å². The van der Waals surface area contributed by atoms with Crippen LogP contribution in [0.2, 0.25) is 0 Å². The van der Waals surface area contributed by atoms with E-state index in [0.29, 0.717) is 37.5 Å². The number of morpholine rings is 1. The van der Waals surface area contributed by atoms with Crippen LogP contribution in [0.4, 0.5) is 10.1 Å². The molecule has 0 aromatic heterocycles. The highest BCUT2D eigenvalue weighted by molar-refractivity contribution is 5.95. The van der Waals surface area contributed by atoms with Crippen molar-refractivity contribution in [3.63, 3.8) is 0 Å². The first-order chi connectivity index (χ1) is 14.5. The largest absolute Gasteiger partial charge is 0.484 e. The van der Waals surface area contributed by atoms with Gasteiger partial charge in [-0.25, -0.2) is 4.39 Å². The summed E-state index contributed by atoms with van der Waals surface area (Å²) in [4.78, 5) is 28.5. The van der Waals surface area contributed by atoms with Crippen molar-refractivity contribution in [3.05, 3.63) is 60.4 Å². The molecule has 30 heavy (non-hydrogen) atoms. The van der Waals surface area contributed by atoms with Crippen molar-refractivity contribution in [1.29, 1.82) is 0 Å². The fourth-order valence-electron chi connectivity index (χ4n) is 4.04. The summed E-state index contributed by atoms with van der Waals surface area (Å²) in [6, 6.07) is 15.2. The molecule has 0 N–H and O–H groups in total. The van der Waals surface area contributed by atoms with Crippen molar-refractivity contribution in [1.82, 2.24) is 4.90 Å². The number of halogens is 1. The molecule has 1 atom stereocenters. The van der Waals surface area contributed by atoms with Gasteiger partial charge in [0.25, 0.3) is 11.8 Å². The van der Waals surface area contributed by atoms with E-state index in [-0.39, 0.29) is 30.8 Å². The highest BCUT2D eigenvalue weighted by atomic mass is 19.1. The van der Waals surface area contributed by atoms with E-state index >= 15 is 0 Å². The Morgan fingerprint density at radius 2 is 1.83 bits per heavy atom. The van der Waals surface area contributed by atoms with E-state index < -0.39 is 5.60 Å². The Morgan fingerprint density at radius 1 is 1.07 bits per heavy atom. The summed E-state index contributed by atoms with van der Waals surface area (Å²) < 4.78 is 24.9. The van der Waals surface area contributed by atoms with E-state index in [4.69, 9.17) is 9.47 Å². The Balaban J connectivity index is 1.38. The van der Waals surface area contributed by atoms with Crippen LogP contribution < -0.4 is 9.64 Å². The quantitative estimate of drug-likeness (QED) is 0.775. The van der Waals surface area contributed by atoms with Crippen LogP contribution in [0.15, 0.2) is 54.6 Å². The molecule has 1 spiro atoms. The lowest BCUT2D eigenvalue weighted by Crippen LogP contribution is -2.55. The first-order valence-corrected chi connectivity index (χ1v) is 10.2. The molecular weight excluding hydrogens is 387 g/mol. The van der Waals surface area contributed by atoms with Gasteiger partial charge in [-0.15, -0.1) is 0 Å². The van der Waals surface area contributed by atoms with Crippen LogP contribution in [0.25, 0.3) is 0 Å². The van der Waals surface area contributed by atoms with E-state index in [9.17, 15) is 14.0 Å². The monoisotopic (exact) mass is 412 g/mol. The molecular formula is C23H25FN2O4. The number of likely N-dealkylation sites (tertiary alicyclic amines) is 1. The number of para-hydroxylation sites is 1. The van der Waals surface area contributed by atoms with Crippen molar-refractivity contribution >= 4 is 17.5 Å². The second-order valence-electron chi connectivity index (χ2n) is 7.76. The molecule has 7 heteroatoms. The van der Waals surface area contributed by atoms with Crippen LogP contribution in [-0.4, -0.2) is 55.2 Å². The molecule has 0 aliphatic carbocycles. The predicted molar refractivity (Wildman–Crippen MR) is 110 cm³/mol. The van der Waals surface area contributed by atoms with Gasteiger partial charge < -0.3 is 19.3 Å². The number of carbonyl (C=O) groups is 2. The third-order valence-corrected chi connectivity index (χ3v) is 5.74. The van der Waals surface area contributed by atoms with Gasteiger partial charge in [0.15, 0.2) is 6.61 Å². The molecule has 2 amide bonds. The molecule has 0 radical (unpaired) electrons. The zero-order valence-electron chi connectivity index (χ0n) is 16.8. The van der Waals surface area contributed by atoms with Crippen molar-refractivity contribution in [2.45, 2.75) is 24.9 Å². The van der Waals surface area contributed by atoms with Crippen LogP contribution in [-0.2, 0) is 14.3 Å². The number of benzene rings is 2. The molecule has 6 nitrogen and oxygen atoms in total. The maximum atomic E-state index is 13.3. The number of anilines is 1. The molecule has 2 aliphatic heterocycles. The number of hydrogen-bond acceptors (Lipinski definition) is 4. The smallest absolute Gasteiger partial charge is 0.260 e. The molecule has 4 rings (SSSR count). The second-order valence-corrected chi connectivity index (χ2v) is 7.76. The molecule has 0 bridgehead atoms. The lowest BCUT2D eigenvalue weighted by Gasteiger charge is -2.42. The third-order valence-electron chi connectivity index (χ3n) is 5.74. The summed E-state index contributed by atoms with van der Waals surface area (Å²) >= 11 is 0. The number of rotatable bonds is 4. The molecule has 158 valence electrons. The van der Waals surface area contributed by atoms with E-state index in [0.717, 1.165) is 12.8 Å².